The van der Waals surface area contributed by atoms with E-state index in [2.05, 4.69) is 29.5 Å². The molecule has 0 bridgehead atoms. The van der Waals surface area contributed by atoms with E-state index >= 15 is 0 Å². The summed E-state index contributed by atoms with van der Waals surface area (Å²) in [4.78, 5) is 16.5. The fourth-order valence-corrected chi connectivity index (χ4v) is 3.17. The van der Waals surface area contributed by atoms with Crippen molar-refractivity contribution in [3.05, 3.63) is 53.6 Å². The van der Waals surface area contributed by atoms with Crippen molar-refractivity contribution in [3.8, 4) is 0 Å². The molecule has 2 amide bonds. The number of benzene rings is 1. The molecule has 6 nitrogen and oxygen atoms in total. The summed E-state index contributed by atoms with van der Waals surface area (Å²) < 4.78 is 2.05. The summed E-state index contributed by atoms with van der Waals surface area (Å²) >= 11 is 0. The molecule has 3 rings (SSSR count). The van der Waals surface area contributed by atoms with Crippen LogP contribution in [0, 0.1) is 5.92 Å². The van der Waals surface area contributed by atoms with Gasteiger partial charge in [-0.25, -0.2) is 9.78 Å². The van der Waals surface area contributed by atoms with Crippen LogP contribution in [0.25, 0.3) is 0 Å². The Bertz CT molecular complexity index is 711. The zero-order valence-corrected chi connectivity index (χ0v) is 14.1. The number of aliphatic hydroxyl groups is 1. The van der Waals surface area contributed by atoms with E-state index < -0.39 is 6.10 Å². The van der Waals surface area contributed by atoms with Crippen molar-refractivity contribution in [2.75, 3.05) is 0 Å². The molecule has 2 unspecified atom stereocenters. The summed E-state index contributed by atoms with van der Waals surface area (Å²) in [7, 11) is 0. The Kier molecular flexibility index (Phi) is 4.85. The minimum Gasteiger partial charge on any atom is -0.390 e. The van der Waals surface area contributed by atoms with Gasteiger partial charge in [0.1, 0.15) is 5.82 Å². The molecule has 2 aromatic rings. The predicted molar refractivity (Wildman–Crippen MR) is 91.3 cm³/mol. The first-order valence-corrected chi connectivity index (χ1v) is 8.35. The second kappa shape index (κ2) is 7.05. The highest BCUT2D eigenvalue weighted by Crippen LogP contribution is 2.30. The molecule has 0 aliphatic heterocycles. The van der Waals surface area contributed by atoms with Gasteiger partial charge in [-0.15, -0.1) is 0 Å². The number of hydrogen-bond donors (Lipinski definition) is 3. The van der Waals surface area contributed by atoms with E-state index in [-0.39, 0.29) is 12.1 Å². The number of urea groups is 1. The lowest BCUT2D eigenvalue weighted by Gasteiger charge is -2.18. The third kappa shape index (κ3) is 3.59. The second-order valence-electron chi connectivity index (χ2n) is 6.66. The number of hydrogen-bond acceptors (Lipinski definition) is 3. The lowest BCUT2D eigenvalue weighted by molar-refractivity contribution is 0.142. The van der Waals surface area contributed by atoms with Gasteiger partial charge < -0.3 is 20.3 Å². The smallest absolute Gasteiger partial charge is 0.315 e. The number of nitrogens with zero attached hydrogens (tertiary/aromatic N) is 2. The molecule has 0 spiro atoms. The minimum absolute atomic E-state index is 0.296. The number of amides is 2. The van der Waals surface area contributed by atoms with E-state index in [1.54, 1.807) is 6.20 Å². The summed E-state index contributed by atoms with van der Waals surface area (Å²) in [5.74, 6) is 1.34. The minimum atomic E-state index is -0.587. The highest BCUT2D eigenvalue weighted by molar-refractivity contribution is 5.74. The zero-order valence-electron chi connectivity index (χ0n) is 14.1. The van der Waals surface area contributed by atoms with Gasteiger partial charge in [-0.05, 0) is 17.0 Å². The standard InChI is InChI=1S/C18H24N4O2/c1-12(2)11-22-8-7-19-16(22)10-20-18(24)21-17-14-6-4-3-5-13(14)9-15(17)23/h3-8,12,15,17,23H,9-11H2,1-2H3,(H2,20,21,24). The number of imidazole rings is 1. The number of carbonyl (C=O) groups excluding carboxylic acids is 1. The third-order valence-corrected chi connectivity index (χ3v) is 4.26. The molecule has 3 N–H and O–H groups in total. The van der Waals surface area contributed by atoms with Crippen molar-refractivity contribution >= 4 is 6.03 Å². The molecule has 1 heterocycles. The van der Waals surface area contributed by atoms with Crippen LogP contribution in [0.15, 0.2) is 36.7 Å². The Morgan fingerprint density at radius 3 is 3.00 bits per heavy atom. The van der Waals surface area contributed by atoms with Gasteiger partial charge in [-0.1, -0.05) is 38.1 Å². The van der Waals surface area contributed by atoms with Gasteiger partial charge in [0, 0.05) is 25.4 Å². The molecule has 2 atom stereocenters. The van der Waals surface area contributed by atoms with Crippen molar-refractivity contribution < 1.29 is 9.90 Å². The quantitative estimate of drug-likeness (QED) is 0.785. The molecule has 0 fully saturated rings. The van der Waals surface area contributed by atoms with Crippen molar-refractivity contribution in [2.24, 2.45) is 5.92 Å². The summed E-state index contributed by atoms with van der Waals surface area (Å²) in [5.41, 5.74) is 2.07. The van der Waals surface area contributed by atoms with E-state index in [1.165, 1.54) is 0 Å². The van der Waals surface area contributed by atoms with Crippen molar-refractivity contribution in [2.45, 2.75) is 45.5 Å². The van der Waals surface area contributed by atoms with Gasteiger partial charge in [-0.3, -0.25) is 0 Å². The summed E-state index contributed by atoms with van der Waals surface area (Å²) in [5, 5.41) is 15.9. The Labute approximate surface area is 141 Å². The maximum Gasteiger partial charge on any atom is 0.315 e. The van der Waals surface area contributed by atoms with E-state index in [9.17, 15) is 9.90 Å². The largest absolute Gasteiger partial charge is 0.390 e. The Hall–Kier alpha value is -2.34. The Morgan fingerprint density at radius 2 is 2.21 bits per heavy atom. The fraction of sp³-hybridized carbons (Fsp3) is 0.444. The molecule has 1 aromatic carbocycles. The first-order valence-electron chi connectivity index (χ1n) is 8.35. The molecule has 6 heteroatoms. The molecule has 1 aliphatic carbocycles. The van der Waals surface area contributed by atoms with Gasteiger partial charge in [0.25, 0.3) is 0 Å². The summed E-state index contributed by atoms with van der Waals surface area (Å²) in [6.45, 7) is 5.51. The number of rotatable bonds is 5. The van der Waals surface area contributed by atoms with Crippen LogP contribution < -0.4 is 10.6 Å². The highest BCUT2D eigenvalue weighted by atomic mass is 16.3. The van der Waals surface area contributed by atoms with Crippen LogP contribution in [0.1, 0.15) is 36.8 Å². The van der Waals surface area contributed by atoms with E-state index in [0.717, 1.165) is 23.5 Å². The third-order valence-electron chi connectivity index (χ3n) is 4.26. The molecular formula is C18H24N4O2. The van der Waals surface area contributed by atoms with Crippen LogP contribution in [0.4, 0.5) is 4.79 Å². The lowest BCUT2D eigenvalue weighted by atomic mass is 10.1. The van der Waals surface area contributed by atoms with Gasteiger partial charge >= 0.3 is 6.03 Å². The molecule has 0 saturated heterocycles. The highest BCUT2D eigenvalue weighted by Gasteiger charge is 2.31. The van der Waals surface area contributed by atoms with Crippen LogP contribution in [-0.4, -0.2) is 26.8 Å². The molecule has 1 aliphatic rings. The number of aliphatic hydroxyl groups excluding tert-OH is 1. The average Bonchev–Trinajstić information content (AvgIpc) is 3.09. The second-order valence-corrected chi connectivity index (χ2v) is 6.66. The van der Waals surface area contributed by atoms with Crippen molar-refractivity contribution in [1.29, 1.82) is 0 Å². The SMILES string of the molecule is CC(C)Cn1ccnc1CNC(=O)NC1c2ccccc2CC1O. The van der Waals surface area contributed by atoms with Crippen LogP contribution in [0.2, 0.25) is 0 Å². The normalized spacial score (nSPS) is 19.3. The van der Waals surface area contributed by atoms with Crippen molar-refractivity contribution in [3.63, 3.8) is 0 Å². The molecule has 128 valence electrons. The van der Waals surface area contributed by atoms with Crippen molar-refractivity contribution in [1.82, 2.24) is 20.2 Å². The predicted octanol–water partition coefficient (Wildman–Crippen LogP) is 2.00. The van der Waals surface area contributed by atoms with E-state index in [0.29, 0.717) is 18.9 Å². The molecular weight excluding hydrogens is 304 g/mol. The average molecular weight is 328 g/mol. The Balaban J connectivity index is 1.58. The van der Waals surface area contributed by atoms with Gasteiger partial charge in [0.15, 0.2) is 0 Å². The number of nitrogens with one attached hydrogen (secondary N) is 2. The van der Waals surface area contributed by atoms with Crippen LogP contribution >= 0.6 is 0 Å². The number of carbonyl (C=O) groups is 1. The van der Waals surface area contributed by atoms with Crippen LogP contribution in [0.5, 0.6) is 0 Å². The fourth-order valence-electron chi connectivity index (χ4n) is 3.17. The topological polar surface area (TPSA) is 79.2 Å². The maximum absolute atomic E-state index is 12.2. The first-order chi connectivity index (χ1) is 11.5. The van der Waals surface area contributed by atoms with Gasteiger partial charge in [0.05, 0.1) is 18.7 Å². The molecule has 0 saturated carbocycles. The van der Waals surface area contributed by atoms with Crippen LogP contribution in [0.3, 0.4) is 0 Å². The zero-order chi connectivity index (χ0) is 17.1. The molecule has 24 heavy (non-hydrogen) atoms. The maximum atomic E-state index is 12.2. The molecule has 1 aromatic heterocycles. The van der Waals surface area contributed by atoms with Gasteiger partial charge in [0.2, 0.25) is 0 Å². The van der Waals surface area contributed by atoms with Crippen LogP contribution in [-0.2, 0) is 19.5 Å². The number of aromatic nitrogens is 2. The first kappa shape index (κ1) is 16.5. The van der Waals surface area contributed by atoms with Gasteiger partial charge in [-0.2, -0.15) is 0 Å². The molecule has 0 radical (unpaired) electrons. The van der Waals surface area contributed by atoms with E-state index in [4.69, 9.17) is 0 Å². The monoisotopic (exact) mass is 328 g/mol. The number of fused-ring (bicyclic) bond motifs is 1. The summed E-state index contributed by atoms with van der Waals surface area (Å²) in [6, 6.07) is 7.15. The van der Waals surface area contributed by atoms with E-state index in [1.807, 2.05) is 35.0 Å². The summed E-state index contributed by atoms with van der Waals surface area (Å²) in [6.07, 6.45) is 3.65. The Morgan fingerprint density at radius 1 is 1.42 bits per heavy atom. The lowest BCUT2D eigenvalue weighted by Crippen LogP contribution is -2.41.